The maximum Gasteiger partial charge on any atom is 0.171 e. The van der Waals surface area contributed by atoms with Crippen molar-refractivity contribution in [2.75, 3.05) is 12.4 Å². The molecule has 1 atom stereocenters. The summed E-state index contributed by atoms with van der Waals surface area (Å²) >= 11 is 0. The van der Waals surface area contributed by atoms with Gasteiger partial charge in [0.2, 0.25) is 0 Å². The van der Waals surface area contributed by atoms with Crippen molar-refractivity contribution in [3.63, 3.8) is 0 Å². The summed E-state index contributed by atoms with van der Waals surface area (Å²) in [7, 11) is 1.62. The van der Waals surface area contributed by atoms with Gasteiger partial charge in [-0.15, -0.1) is 0 Å². The Kier molecular flexibility index (Phi) is 4.72. The SMILES string of the molecule is COc1cccc(NCc2nc(C(N)c3ccc(F)cc3)n[nH]2)c1. The summed E-state index contributed by atoms with van der Waals surface area (Å²) in [5.74, 6) is 1.59. The van der Waals surface area contributed by atoms with Crippen molar-refractivity contribution < 1.29 is 9.13 Å². The van der Waals surface area contributed by atoms with Gasteiger partial charge in [0.15, 0.2) is 5.82 Å². The number of aromatic amines is 1. The molecule has 0 aliphatic rings. The summed E-state index contributed by atoms with van der Waals surface area (Å²) in [6, 6.07) is 13.1. The number of hydrogen-bond donors (Lipinski definition) is 3. The van der Waals surface area contributed by atoms with E-state index < -0.39 is 6.04 Å². The maximum absolute atomic E-state index is 13.0. The summed E-state index contributed by atoms with van der Waals surface area (Å²) in [4.78, 5) is 4.39. The molecule has 0 fully saturated rings. The fourth-order valence-corrected chi connectivity index (χ4v) is 2.27. The minimum atomic E-state index is -0.507. The van der Waals surface area contributed by atoms with Gasteiger partial charge in [-0.1, -0.05) is 18.2 Å². The Labute approximate surface area is 138 Å². The van der Waals surface area contributed by atoms with Gasteiger partial charge in [0, 0.05) is 11.8 Å². The summed E-state index contributed by atoms with van der Waals surface area (Å²) < 4.78 is 18.2. The maximum atomic E-state index is 13.0. The van der Waals surface area contributed by atoms with E-state index in [9.17, 15) is 4.39 Å². The van der Waals surface area contributed by atoms with E-state index in [1.54, 1.807) is 19.2 Å². The number of hydrogen-bond acceptors (Lipinski definition) is 5. The highest BCUT2D eigenvalue weighted by Gasteiger charge is 2.14. The molecule has 4 N–H and O–H groups in total. The zero-order valence-electron chi connectivity index (χ0n) is 13.2. The third kappa shape index (κ3) is 3.69. The summed E-state index contributed by atoms with van der Waals surface area (Å²) in [5, 5.41) is 10.2. The van der Waals surface area contributed by atoms with Crippen LogP contribution < -0.4 is 15.8 Å². The second kappa shape index (κ2) is 7.10. The summed E-state index contributed by atoms with van der Waals surface area (Å²) in [6.45, 7) is 0.469. The first kappa shape index (κ1) is 15.9. The van der Waals surface area contributed by atoms with Crippen molar-refractivity contribution in [2.24, 2.45) is 5.73 Å². The Hall–Kier alpha value is -2.93. The molecule has 1 unspecified atom stereocenters. The van der Waals surface area contributed by atoms with Crippen LogP contribution in [0.5, 0.6) is 5.75 Å². The molecule has 124 valence electrons. The predicted molar refractivity (Wildman–Crippen MR) is 89.1 cm³/mol. The van der Waals surface area contributed by atoms with Gasteiger partial charge in [0.25, 0.3) is 0 Å². The Balaban J connectivity index is 1.65. The lowest BCUT2D eigenvalue weighted by molar-refractivity contribution is 0.415. The molecule has 1 heterocycles. The third-order valence-electron chi connectivity index (χ3n) is 3.59. The van der Waals surface area contributed by atoms with Gasteiger partial charge in [-0.2, -0.15) is 5.10 Å². The van der Waals surface area contributed by atoms with E-state index in [4.69, 9.17) is 10.5 Å². The van der Waals surface area contributed by atoms with Crippen molar-refractivity contribution in [2.45, 2.75) is 12.6 Å². The van der Waals surface area contributed by atoms with Crippen molar-refractivity contribution in [3.8, 4) is 5.75 Å². The van der Waals surface area contributed by atoms with Crippen LogP contribution in [-0.4, -0.2) is 22.3 Å². The second-order valence-corrected chi connectivity index (χ2v) is 5.26. The number of anilines is 1. The number of ether oxygens (including phenoxy) is 1. The van der Waals surface area contributed by atoms with E-state index >= 15 is 0 Å². The van der Waals surface area contributed by atoms with Crippen LogP contribution in [0.15, 0.2) is 48.5 Å². The fraction of sp³-hybridized carbons (Fsp3) is 0.176. The molecule has 3 rings (SSSR count). The molecule has 7 heteroatoms. The third-order valence-corrected chi connectivity index (χ3v) is 3.59. The number of rotatable bonds is 6. The van der Waals surface area contributed by atoms with Gasteiger partial charge in [-0.05, 0) is 29.8 Å². The lowest BCUT2D eigenvalue weighted by Gasteiger charge is -2.07. The molecule has 0 saturated carbocycles. The zero-order chi connectivity index (χ0) is 16.9. The van der Waals surface area contributed by atoms with Gasteiger partial charge >= 0.3 is 0 Å². The van der Waals surface area contributed by atoms with E-state index in [-0.39, 0.29) is 5.82 Å². The molecule has 0 aliphatic heterocycles. The van der Waals surface area contributed by atoms with Gasteiger partial charge in [0.05, 0.1) is 19.7 Å². The van der Waals surface area contributed by atoms with E-state index in [1.807, 2.05) is 24.3 Å². The van der Waals surface area contributed by atoms with Crippen molar-refractivity contribution >= 4 is 5.69 Å². The van der Waals surface area contributed by atoms with E-state index in [2.05, 4.69) is 20.5 Å². The summed E-state index contributed by atoms with van der Waals surface area (Å²) in [5.41, 5.74) is 7.79. The zero-order valence-corrected chi connectivity index (χ0v) is 13.2. The number of aromatic nitrogens is 3. The van der Waals surface area contributed by atoms with Crippen LogP contribution in [0.3, 0.4) is 0 Å². The van der Waals surface area contributed by atoms with E-state index in [0.29, 0.717) is 18.2 Å². The molecule has 2 aromatic carbocycles. The molecule has 1 aromatic heterocycles. The van der Waals surface area contributed by atoms with Crippen LogP contribution >= 0.6 is 0 Å². The van der Waals surface area contributed by atoms with Gasteiger partial charge in [0.1, 0.15) is 17.4 Å². The Morgan fingerprint density at radius 3 is 2.79 bits per heavy atom. The smallest absolute Gasteiger partial charge is 0.171 e. The summed E-state index contributed by atoms with van der Waals surface area (Å²) in [6.07, 6.45) is 0. The number of halogens is 1. The first-order valence-corrected chi connectivity index (χ1v) is 7.46. The molecule has 0 saturated heterocycles. The van der Waals surface area contributed by atoms with Crippen LogP contribution in [0.25, 0.3) is 0 Å². The van der Waals surface area contributed by atoms with Crippen LogP contribution in [0, 0.1) is 5.82 Å². The minimum absolute atomic E-state index is 0.302. The van der Waals surface area contributed by atoms with Crippen LogP contribution in [0.4, 0.5) is 10.1 Å². The first-order valence-electron chi connectivity index (χ1n) is 7.46. The van der Waals surface area contributed by atoms with E-state index in [1.165, 1.54) is 12.1 Å². The fourth-order valence-electron chi connectivity index (χ4n) is 2.27. The van der Waals surface area contributed by atoms with Gasteiger partial charge < -0.3 is 15.8 Å². The number of nitrogens with two attached hydrogens (primary N) is 1. The molecule has 0 aliphatic carbocycles. The minimum Gasteiger partial charge on any atom is -0.497 e. The highest BCUT2D eigenvalue weighted by Crippen LogP contribution is 2.18. The van der Waals surface area contributed by atoms with Crippen molar-refractivity contribution in [1.82, 2.24) is 15.2 Å². The first-order chi connectivity index (χ1) is 11.7. The molecule has 6 nitrogen and oxygen atoms in total. The molecule has 0 radical (unpaired) electrons. The lowest BCUT2D eigenvalue weighted by atomic mass is 10.1. The van der Waals surface area contributed by atoms with Crippen LogP contribution in [-0.2, 0) is 6.54 Å². The largest absolute Gasteiger partial charge is 0.497 e. The molecule has 0 bridgehead atoms. The topological polar surface area (TPSA) is 88.8 Å². The normalized spacial score (nSPS) is 12.0. The predicted octanol–water partition coefficient (Wildman–Crippen LogP) is 2.61. The molecule has 24 heavy (non-hydrogen) atoms. The molecular weight excluding hydrogens is 309 g/mol. The van der Waals surface area contributed by atoms with Crippen molar-refractivity contribution in [1.29, 1.82) is 0 Å². The number of H-pyrrole nitrogens is 1. The highest BCUT2D eigenvalue weighted by atomic mass is 19.1. The average Bonchev–Trinajstić information content (AvgIpc) is 3.09. The van der Waals surface area contributed by atoms with Crippen LogP contribution in [0.1, 0.15) is 23.3 Å². The lowest BCUT2D eigenvalue weighted by Crippen LogP contribution is -2.13. The number of nitrogens with zero attached hydrogens (tertiary/aromatic N) is 2. The standard InChI is InChI=1S/C17H18FN5O/c1-24-14-4-2-3-13(9-14)20-10-15-21-17(23-22-15)16(19)11-5-7-12(18)8-6-11/h2-9,16,20H,10,19H2,1H3,(H,21,22,23). The Morgan fingerprint density at radius 1 is 1.25 bits per heavy atom. The van der Waals surface area contributed by atoms with E-state index in [0.717, 1.165) is 17.0 Å². The quantitative estimate of drug-likeness (QED) is 0.647. The van der Waals surface area contributed by atoms with Crippen LogP contribution in [0.2, 0.25) is 0 Å². The average molecular weight is 327 g/mol. The Morgan fingerprint density at radius 2 is 2.04 bits per heavy atom. The van der Waals surface area contributed by atoms with Crippen molar-refractivity contribution in [3.05, 3.63) is 71.6 Å². The molecule has 3 aromatic rings. The molecule has 0 spiro atoms. The van der Waals surface area contributed by atoms with Gasteiger partial charge in [-0.25, -0.2) is 9.37 Å². The van der Waals surface area contributed by atoms with Gasteiger partial charge in [-0.3, -0.25) is 5.10 Å². The Bertz CT molecular complexity index is 803. The highest BCUT2D eigenvalue weighted by molar-refractivity contribution is 5.48. The molecular formula is C17H18FN5O. The number of nitrogens with one attached hydrogen (secondary N) is 2. The monoisotopic (exact) mass is 327 g/mol. The second-order valence-electron chi connectivity index (χ2n) is 5.26. The molecule has 0 amide bonds. The number of methoxy groups -OCH3 is 1. The number of benzene rings is 2.